The summed E-state index contributed by atoms with van der Waals surface area (Å²) in [6.07, 6.45) is 3.94. The fourth-order valence-electron chi connectivity index (χ4n) is 1.91. The van der Waals surface area contributed by atoms with Gasteiger partial charge in [0.25, 0.3) is 0 Å². The van der Waals surface area contributed by atoms with Crippen LogP contribution in [-0.4, -0.2) is 24.5 Å². The van der Waals surface area contributed by atoms with Gasteiger partial charge in [0.2, 0.25) is 5.88 Å². The number of nitrogens with zero attached hydrogens (tertiary/aromatic N) is 1. The van der Waals surface area contributed by atoms with E-state index >= 15 is 0 Å². The first-order chi connectivity index (χ1) is 8.59. The van der Waals surface area contributed by atoms with Gasteiger partial charge in [-0.15, -0.1) is 11.6 Å². The van der Waals surface area contributed by atoms with Crippen LogP contribution in [0.4, 0.5) is 0 Å². The quantitative estimate of drug-likeness (QED) is 0.737. The lowest BCUT2D eigenvalue weighted by Crippen LogP contribution is -2.29. The highest BCUT2D eigenvalue weighted by Gasteiger charge is 2.16. The first kappa shape index (κ1) is 15.3. The van der Waals surface area contributed by atoms with Crippen LogP contribution < -0.4 is 10.1 Å². The van der Waals surface area contributed by atoms with Crippen molar-refractivity contribution in [3.8, 4) is 5.88 Å². The fraction of sp³-hybridized carbons (Fsp3) is 0.643. The largest absolute Gasteiger partial charge is 0.481 e. The predicted molar refractivity (Wildman–Crippen MR) is 76.2 cm³/mol. The molecule has 0 aliphatic heterocycles. The number of halogens is 1. The van der Waals surface area contributed by atoms with Gasteiger partial charge in [-0.05, 0) is 24.3 Å². The molecule has 4 heteroatoms. The Bertz CT molecular complexity index is 355. The fourth-order valence-corrected chi connectivity index (χ4v) is 2.05. The number of alkyl halides is 1. The Hall–Kier alpha value is -0.800. The Kier molecular flexibility index (Phi) is 6.44. The first-order valence-electron chi connectivity index (χ1n) is 6.33. The van der Waals surface area contributed by atoms with Crippen LogP contribution in [0.5, 0.6) is 5.88 Å². The predicted octanol–water partition coefficient (Wildman–Crippen LogP) is 3.23. The second-order valence-electron chi connectivity index (χ2n) is 5.23. The lowest BCUT2D eigenvalue weighted by atomic mass is 9.88. The van der Waals surface area contributed by atoms with Crippen molar-refractivity contribution < 1.29 is 4.74 Å². The molecule has 0 unspecified atom stereocenters. The summed E-state index contributed by atoms with van der Waals surface area (Å²) in [5, 5.41) is 3.46. The van der Waals surface area contributed by atoms with Gasteiger partial charge in [0, 0.05) is 30.7 Å². The molecule has 1 rings (SSSR count). The molecule has 0 atom stereocenters. The molecule has 0 saturated heterocycles. The molecule has 1 heterocycles. The number of hydrogen-bond donors (Lipinski definition) is 1. The SMILES string of the molecule is COc1ncccc1CNCC(C)(C)CCCCl. The smallest absolute Gasteiger partial charge is 0.217 e. The van der Waals surface area contributed by atoms with Crippen molar-refractivity contribution in [1.29, 1.82) is 0 Å². The molecule has 0 amide bonds. The highest BCUT2D eigenvalue weighted by Crippen LogP contribution is 2.22. The van der Waals surface area contributed by atoms with Gasteiger partial charge >= 0.3 is 0 Å². The number of aromatic nitrogens is 1. The minimum absolute atomic E-state index is 0.268. The molecule has 1 N–H and O–H groups in total. The van der Waals surface area contributed by atoms with Gasteiger partial charge in [0.1, 0.15) is 0 Å². The van der Waals surface area contributed by atoms with Gasteiger partial charge in [-0.1, -0.05) is 19.9 Å². The summed E-state index contributed by atoms with van der Waals surface area (Å²) in [5.74, 6) is 1.43. The van der Waals surface area contributed by atoms with E-state index in [0.29, 0.717) is 5.88 Å². The van der Waals surface area contributed by atoms with Gasteiger partial charge < -0.3 is 10.1 Å². The highest BCUT2D eigenvalue weighted by molar-refractivity contribution is 6.17. The Balaban J connectivity index is 2.41. The van der Waals surface area contributed by atoms with Crippen LogP contribution in [0.2, 0.25) is 0 Å². The molecule has 18 heavy (non-hydrogen) atoms. The van der Waals surface area contributed by atoms with E-state index in [2.05, 4.69) is 24.1 Å². The number of methoxy groups -OCH3 is 1. The van der Waals surface area contributed by atoms with E-state index in [9.17, 15) is 0 Å². The monoisotopic (exact) mass is 270 g/mol. The second kappa shape index (κ2) is 7.59. The van der Waals surface area contributed by atoms with E-state index < -0.39 is 0 Å². The van der Waals surface area contributed by atoms with E-state index in [4.69, 9.17) is 16.3 Å². The minimum Gasteiger partial charge on any atom is -0.481 e. The van der Waals surface area contributed by atoms with Crippen molar-refractivity contribution in [3.63, 3.8) is 0 Å². The van der Waals surface area contributed by atoms with E-state index in [1.54, 1.807) is 13.3 Å². The van der Waals surface area contributed by atoms with Crippen molar-refractivity contribution in [2.45, 2.75) is 33.2 Å². The Labute approximate surface area is 115 Å². The molecule has 0 aliphatic carbocycles. The van der Waals surface area contributed by atoms with Crippen LogP contribution in [0.1, 0.15) is 32.3 Å². The zero-order valence-electron chi connectivity index (χ0n) is 11.5. The summed E-state index contributed by atoms with van der Waals surface area (Å²) >= 11 is 5.73. The second-order valence-corrected chi connectivity index (χ2v) is 5.61. The summed E-state index contributed by atoms with van der Waals surface area (Å²) in [6.45, 7) is 6.25. The van der Waals surface area contributed by atoms with Crippen LogP contribution in [-0.2, 0) is 6.54 Å². The molecule has 3 nitrogen and oxygen atoms in total. The lowest BCUT2D eigenvalue weighted by Gasteiger charge is -2.24. The topological polar surface area (TPSA) is 34.1 Å². The number of hydrogen-bond acceptors (Lipinski definition) is 3. The zero-order valence-corrected chi connectivity index (χ0v) is 12.3. The molecular formula is C14H23ClN2O. The third kappa shape index (κ3) is 5.23. The lowest BCUT2D eigenvalue weighted by molar-refractivity contribution is 0.309. The van der Waals surface area contributed by atoms with Crippen LogP contribution >= 0.6 is 11.6 Å². The third-order valence-electron chi connectivity index (χ3n) is 2.95. The van der Waals surface area contributed by atoms with Gasteiger partial charge in [0.05, 0.1) is 7.11 Å². The normalized spacial score (nSPS) is 11.6. The highest BCUT2D eigenvalue weighted by atomic mass is 35.5. The van der Waals surface area contributed by atoms with E-state index in [1.165, 1.54) is 0 Å². The number of rotatable bonds is 8. The maximum Gasteiger partial charge on any atom is 0.217 e. The molecule has 1 aromatic rings. The third-order valence-corrected chi connectivity index (χ3v) is 3.22. The average molecular weight is 271 g/mol. The molecule has 0 spiro atoms. The molecule has 0 radical (unpaired) electrons. The zero-order chi connectivity index (χ0) is 13.4. The molecule has 0 aromatic carbocycles. The van der Waals surface area contributed by atoms with Gasteiger partial charge in [0.15, 0.2) is 0 Å². The Morgan fingerprint density at radius 2 is 2.22 bits per heavy atom. The molecule has 0 bridgehead atoms. The maximum absolute atomic E-state index is 5.73. The van der Waals surface area contributed by atoms with E-state index in [1.807, 2.05) is 12.1 Å². The number of ether oxygens (including phenoxy) is 1. The molecule has 0 aliphatic rings. The minimum atomic E-state index is 0.268. The summed E-state index contributed by atoms with van der Waals surface area (Å²) in [7, 11) is 1.65. The van der Waals surface area contributed by atoms with Gasteiger partial charge in [-0.2, -0.15) is 0 Å². The van der Waals surface area contributed by atoms with Crippen molar-refractivity contribution in [2.75, 3.05) is 19.5 Å². The Morgan fingerprint density at radius 1 is 1.44 bits per heavy atom. The maximum atomic E-state index is 5.73. The molecule has 1 aromatic heterocycles. The van der Waals surface area contributed by atoms with Crippen molar-refractivity contribution in [3.05, 3.63) is 23.9 Å². The molecule has 0 fully saturated rings. The summed E-state index contributed by atoms with van der Waals surface area (Å²) in [5.41, 5.74) is 1.36. The molecular weight excluding hydrogens is 248 g/mol. The Morgan fingerprint density at radius 3 is 2.89 bits per heavy atom. The van der Waals surface area contributed by atoms with E-state index in [-0.39, 0.29) is 5.41 Å². The summed E-state index contributed by atoms with van der Waals surface area (Å²) in [4.78, 5) is 4.18. The number of pyridine rings is 1. The van der Waals surface area contributed by atoms with Crippen molar-refractivity contribution in [2.24, 2.45) is 5.41 Å². The number of nitrogens with one attached hydrogen (secondary N) is 1. The van der Waals surface area contributed by atoms with Crippen molar-refractivity contribution >= 4 is 11.6 Å². The van der Waals surface area contributed by atoms with Crippen LogP contribution in [0.25, 0.3) is 0 Å². The first-order valence-corrected chi connectivity index (χ1v) is 6.87. The molecule has 0 saturated carbocycles. The van der Waals surface area contributed by atoms with Crippen LogP contribution in [0.3, 0.4) is 0 Å². The molecule has 102 valence electrons. The van der Waals surface area contributed by atoms with Crippen molar-refractivity contribution in [1.82, 2.24) is 10.3 Å². The standard InChI is InChI=1S/C14H23ClN2O/c1-14(2,7-5-8-15)11-16-10-12-6-4-9-17-13(12)18-3/h4,6,9,16H,5,7-8,10-11H2,1-3H3. The summed E-state index contributed by atoms with van der Waals surface area (Å²) < 4.78 is 5.22. The van der Waals surface area contributed by atoms with Crippen LogP contribution in [0, 0.1) is 5.41 Å². The van der Waals surface area contributed by atoms with Gasteiger partial charge in [-0.25, -0.2) is 4.98 Å². The average Bonchev–Trinajstić information content (AvgIpc) is 2.37. The van der Waals surface area contributed by atoms with Crippen LogP contribution in [0.15, 0.2) is 18.3 Å². The van der Waals surface area contributed by atoms with Gasteiger partial charge in [-0.3, -0.25) is 0 Å². The van der Waals surface area contributed by atoms with E-state index in [0.717, 1.165) is 37.4 Å². The summed E-state index contributed by atoms with van der Waals surface area (Å²) in [6, 6.07) is 3.96.